The minimum absolute atomic E-state index is 0.0596. The number of hydrogen-bond donors (Lipinski definition) is 0. The molecule has 0 aromatic carbocycles. The highest BCUT2D eigenvalue weighted by Crippen LogP contribution is 2.13. The smallest absolute Gasteiger partial charge is 0.267 e. The van der Waals surface area contributed by atoms with Crippen molar-refractivity contribution in [2.24, 2.45) is 4.99 Å². The van der Waals surface area contributed by atoms with Gasteiger partial charge in [-0.2, -0.15) is 4.99 Å². The average Bonchev–Trinajstić information content (AvgIpc) is 2.27. The molecule has 0 fully saturated rings. The van der Waals surface area contributed by atoms with Gasteiger partial charge in [0, 0.05) is 6.20 Å². The van der Waals surface area contributed by atoms with Crippen molar-refractivity contribution in [1.82, 2.24) is 4.90 Å². The molecule has 0 saturated carbocycles. The maximum absolute atomic E-state index is 10.8. The molecule has 0 aliphatic carbocycles. The lowest BCUT2D eigenvalue weighted by Gasteiger charge is -2.15. The lowest BCUT2D eigenvalue weighted by molar-refractivity contribution is -0.116. The van der Waals surface area contributed by atoms with Crippen LogP contribution in [-0.2, 0) is 4.79 Å². The minimum Gasteiger partial charge on any atom is -0.323 e. The summed E-state index contributed by atoms with van der Waals surface area (Å²) in [6.07, 6.45) is 5.75. The third-order valence-corrected chi connectivity index (χ3v) is 1.69. The molecule has 1 amide bonds. The Kier molecular flexibility index (Phi) is 1.18. The zero-order valence-corrected chi connectivity index (χ0v) is 6.24. The summed E-state index contributed by atoms with van der Waals surface area (Å²) < 4.78 is 0. The fraction of sp³-hybridized carbons (Fsp3) is 0.250. The molecule has 0 bridgehead atoms. The highest BCUT2D eigenvalue weighted by molar-refractivity contribution is 6.08. The molecular weight excluding hydrogens is 140 g/mol. The first-order valence-corrected chi connectivity index (χ1v) is 3.50. The van der Waals surface area contributed by atoms with Crippen LogP contribution < -0.4 is 0 Å². The summed E-state index contributed by atoms with van der Waals surface area (Å²) in [6.45, 7) is 2.40. The van der Waals surface area contributed by atoms with E-state index in [9.17, 15) is 4.79 Å². The Morgan fingerprint density at radius 3 is 3.18 bits per heavy atom. The lowest BCUT2D eigenvalue weighted by atomic mass is 10.2. The molecule has 0 radical (unpaired) electrons. The van der Waals surface area contributed by atoms with Gasteiger partial charge in [-0.15, -0.1) is 0 Å². The van der Waals surface area contributed by atoms with Gasteiger partial charge in [-0.25, -0.2) is 0 Å². The van der Waals surface area contributed by atoms with Crippen molar-refractivity contribution >= 4 is 11.7 Å². The van der Waals surface area contributed by atoms with Crippen LogP contribution in [0.4, 0.5) is 0 Å². The summed E-state index contributed by atoms with van der Waals surface area (Å²) in [5.74, 6) is 0.705. The van der Waals surface area contributed by atoms with Crippen LogP contribution in [0.5, 0.6) is 0 Å². The molecule has 3 heteroatoms. The summed E-state index contributed by atoms with van der Waals surface area (Å²) >= 11 is 0. The van der Waals surface area contributed by atoms with Crippen LogP contribution in [0.25, 0.3) is 0 Å². The summed E-state index contributed by atoms with van der Waals surface area (Å²) in [6, 6.07) is 0. The Bertz CT molecular complexity index is 299. The average molecular weight is 148 g/mol. The number of allylic oxidation sites excluding steroid dienone is 2. The maximum atomic E-state index is 10.8. The van der Waals surface area contributed by atoms with Gasteiger partial charge in [-0.3, -0.25) is 4.79 Å². The normalized spacial score (nSPS) is 21.5. The van der Waals surface area contributed by atoms with Gasteiger partial charge in [-0.05, 0) is 18.6 Å². The van der Waals surface area contributed by atoms with Crippen LogP contribution in [0.3, 0.4) is 0 Å². The van der Waals surface area contributed by atoms with Crippen molar-refractivity contribution in [3.63, 3.8) is 0 Å². The third-order valence-electron chi connectivity index (χ3n) is 1.69. The SMILES string of the molecule is CC1=CN2CC(=O)N=C2C=C1. The molecule has 56 valence electrons. The molecule has 0 N–H and O–H groups in total. The molecule has 0 aromatic heterocycles. The first kappa shape index (κ1) is 6.34. The number of rotatable bonds is 0. The highest BCUT2D eigenvalue weighted by Gasteiger charge is 2.20. The van der Waals surface area contributed by atoms with E-state index in [0.29, 0.717) is 6.54 Å². The zero-order valence-electron chi connectivity index (χ0n) is 6.24. The van der Waals surface area contributed by atoms with E-state index in [4.69, 9.17) is 0 Å². The molecule has 0 saturated heterocycles. The van der Waals surface area contributed by atoms with E-state index in [1.807, 2.05) is 30.2 Å². The fourth-order valence-corrected chi connectivity index (χ4v) is 1.19. The molecule has 0 unspecified atom stereocenters. The minimum atomic E-state index is -0.0596. The topological polar surface area (TPSA) is 32.7 Å². The summed E-state index contributed by atoms with van der Waals surface area (Å²) in [4.78, 5) is 16.5. The number of fused-ring (bicyclic) bond motifs is 1. The Hall–Kier alpha value is -1.38. The number of aliphatic imine (C=N–C) groups is 1. The Balaban J connectivity index is 2.36. The molecule has 0 atom stereocenters. The molecule has 2 aliphatic rings. The van der Waals surface area contributed by atoms with E-state index in [1.54, 1.807) is 0 Å². The van der Waals surface area contributed by atoms with Gasteiger partial charge in [0.05, 0.1) is 0 Å². The van der Waals surface area contributed by atoms with Crippen LogP contribution in [0.15, 0.2) is 28.9 Å². The van der Waals surface area contributed by atoms with Crippen LogP contribution >= 0.6 is 0 Å². The van der Waals surface area contributed by atoms with Gasteiger partial charge in [0.25, 0.3) is 5.91 Å². The number of carbonyl (C=O) groups is 1. The van der Waals surface area contributed by atoms with Crippen molar-refractivity contribution in [2.45, 2.75) is 6.92 Å². The van der Waals surface area contributed by atoms with E-state index < -0.39 is 0 Å². The first-order chi connectivity index (χ1) is 5.25. The number of amides is 1. The molecule has 2 heterocycles. The standard InChI is InChI=1S/C8H8N2O/c1-6-2-3-7-9-8(11)5-10(7)4-6/h2-4H,5H2,1H3. The zero-order chi connectivity index (χ0) is 7.84. The monoisotopic (exact) mass is 148 g/mol. The van der Waals surface area contributed by atoms with Gasteiger partial charge in [-0.1, -0.05) is 6.08 Å². The molecule has 0 spiro atoms. The largest absolute Gasteiger partial charge is 0.323 e. The van der Waals surface area contributed by atoms with E-state index in [-0.39, 0.29) is 5.91 Å². The van der Waals surface area contributed by atoms with Crippen LogP contribution in [0.1, 0.15) is 6.92 Å². The number of hydrogen-bond acceptors (Lipinski definition) is 2. The summed E-state index contributed by atoms with van der Waals surface area (Å²) in [5, 5.41) is 0. The number of nitrogens with zero attached hydrogens (tertiary/aromatic N) is 2. The van der Waals surface area contributed by atoms with Crippen LogP contribution in [0.2, 0.25) is 0 Å². The van der Waals surface area contributed by atoms with Crippen molar-refractivity contribution in [1.29, 1.82) is 0 Å². The van der Waals surface area contributed by atoms with E-state index >= 15 is 0 Å². The Morgan fingerprint density at radius 2 is 2.36 bits per heavy atom. The second kappa shape index (κ2) is 2.05. The highest BCUT2D eigenvalue weighted by atomic mass is 16.2. The van der Waals surface area contributed by atoms with Gasteiger partial charge in [0.15, 0.2) is 0 Å². The van der Waals surface area contributed by atoms with E-state index in [2.05, 4.69) is 4.99 Å². The Morgan fingerprint density at radius 1 is 1.55 bits per heavy atom. The van der Waals surface area contributed by atoms with Crippen molar-refractivity contribution < 1.29 is 4.79 Å². The molecule has 3 nitrogen and oxygen atoms in total. The van der Waals surface area contributed by atoms with E-state index in [1.165, 1.54) is 0 Å². The fourth-order valence-electron chi connectivity index (χ4n) is 1.19. The first-order valence-electron chi connectivity index (χ1n) is 3.50. The van der Waals surface area contributed by atoms with Gasteiger partial charge < -0.3 is 4.90 Å². The number of carbonyl (C=O) groups excluding carboxylic acids is 1. The van der Waals surface area contributed by atoms with Crippen molar-refractivity contribution in [3.05, 3.63) is 23.9 Å². The van der Waals surface area contributed by atoms with Crippen molar-refractivity contribution in [2.75, 3.05) is 6.54 Å². The number of amidine groups is 1. The summed E-state index contributed by atoms with van der Waals surface area (Å²) in [5.41, 5.74) is 1.15. The predicted octanol–water partition coefficient (Wildman–Crippen LogP) is 0.701. The quantitative estimate of drug-likeness (QED) is 0.506. The summed E-state index contributed by atoms with van der Waals surface area (Å²) in [7, 11) is 0. The van der Waals surface area contributed by atoms with Gasteiger partial charge in [0.1, 0.15) is 12.4 Å². The molecule has 2 aliphatic heterocycles. The van der Waals surface area contributed by atoms with Crippen molar-refractivity contribution in [3.8, 4) is 0 Å². The van der Waals surface area contributed by atoms with Crippen LogP contribution in [-0.4, -0.2) is 23.2 Å². The Labute approximate surface area is 64.7 Å². The molecule has 11 heavy (non-hydrogen) atoms. The van der Waals surface area contributed by atoms with Gasteiger partial charge >= 0.3 is 0 Å². The second-order valence-electron chi connectivity index (χ2n) is 2.70. The second-order valence-corrected chi connectivity index (χ2v) is 2.70. The molecular formula is C8H8N2O. The van der Waals surface area contributed by atoms with Gasteiger partial charge in [0.2, 0.25) is 0 Å². The maximum Gasteiger partial charge on any atom is 0.267 e. The molecule has 0 aromatic rings. The van der Waals surface area contributed by atoms with E-state index in [0.717, 1.165) is 11.4 Å². The predicted molar refractivity (Wildman–Crippen MR) is 42.0 cm³/mol. The van der Waals surface area contributed by atoms with Crippen LogP contribution in [0, 0.1) is 0 Å². The molecule has 2 rings (SSSR count). The third kappa shape index (κ3) is 0.981. The lowest BCUT2D eigenvalue weighted by Crippen LogP contribution is -2.23.